The first-order valence-electron chi connectivity index (χ1n) is 10.2. The Kier molecular flexibility index (Phi) is 6.66. The number of halogens is 2. The van der Waals surface area contributed by atoms with Crippen molar-refractivity contribution in [3.63, 3.8) is 0 Å². The minimum absolute atomic E-state index is 0.508. The van der Waals surface area contributed by atoms with Crippen molar-refractivity contribution >= 4 is 34.8 Å². The van der Waals surface area contributed by atoms with E-state index in [0.717, 1.165) is 22.5 Å². The topological polar surface area (TPSA) is 54.3 Å². The molecule has 1 amide bonds. The number of nitrogens with one attached hydrogen (secondary N) is 1. The van der Waals surface area contributed by atoms with E-state index in [9.17, 15) is 9.90 Å². The molecule has 0 aliphatic rings. The van der Waals surface area contributed by atoms with Crippen molar-refractivity contribution in [2.24, 2.45) is 0 Å². The third kappa shape index (κ3) is 4.89. The van der Waals surface area contributed by atoms with E-state index < -0.39 is 12.0 Å². The zero-order valence-electron chi connectivity index (χ0n) is 17.4. The van der Waals surface area contributed by atoms with Gasteiger partial charge in [-0.3, -0.25) is 4.79 Å². The minimum atomic E-state index is -1.33. The Morgan fingerprint density at radius 1 is 0.938 bits per heavy atom. The lowest BCUT2D eigenvalue weighted by Crippen LogP contribution is -2.21. The minimum Gasteiger partial charge on any atom is -0.378 e. The van der Waals surface area contributed by atoms with Crippen LogP contribution in [0, 0.1) is 6.92 Å². The molecule has 2 N–H and O–H groups in total. The molecule has 1 atom stereocenters. The number of hydrogen-bond acceptors (Lipinski definition) is 2. The van der Waals surface area contributed by atoms with Gasteiger partial charge in [0, 0.05) is 39.2 Å². The molecule has 1 aromatic heterocycles. The van der Waals surface area contributed by atoms with E-state index in [-0.39, 0.29) is 0 Å². The summed E-state index contributed by atoms with van der Waals surface area (Å²) in [5, 5.41) is 14.8. The Bertz CT molecular complexity index is 1230. The Hall–Kier alpha value is -3.05. The fourth-order valence-corrected chi connectivity index (χ4v) is 4.00. The number of carbonyl (C=O) groups is 1. The number of aromatic nitrogens is 1. The summed E-state index contributed by atoms with van der Waals surface area (Å²) in [4.78, 5) is 12.8. The lowest BCUT2D eigenvalue weighted by Gasteiger charge is -2.14. The van der Waals surface area contributed by atoms with Crippen LogP contribution in [-0.2, 0) is 11.3 Å². The van der Waals surface area contributed by atoms with Crippen molar-refractivity contribution in [2.45, 2.75) is 19.6 Å². The highest BCUT2D eigenvalue weighted by atomic mass is 35.5. The molecule has 1 unspecified atom stereocenters. The highest BCUT2D eigenvalue weighted by Gasteiger charge is 2.24. The predicted molar refractivity (Wildman–Crippen MR) is 130 cm³/mol. The Morgan fingerprint density at radius 2 is 1.66 bits per heavy atom. The molecule has 6 heteroatoms. The Balaban J connectivity index is 1.69. The van der Waals surface area contributed by atoms with Gasteiger partial charge in [0.05, 0.1) is 0 Å². The largest absolute Gasteiger partial charge is 0.378 e. The second kappa shape index (κ2) is 9.61. The summed E-state index contributed by atoms with van der Waals surface area (Å²) in [6.45, 7) is 2.49. The number of benzene rings is 3. The maximum Gasteiger partial charge on any atom is 0.257 e. The van der Waals surface area contributed by atoms with Crippen molar-refractivity contribution < 1.29 is 9.90 Å². The van der Waals surface area contributed by atoms with Gasteiger partial charge < -0.3 is 15.0 Å². The molecule has 4 nitrogen and oxygen atoms in total. The fraction of sp³-hybridized carbons (Fsp3) is 0.115. The molecule has 0 spiro atoms. The maximum atomic E-state index is 12.8. The SMILES string of the molecule is Cc1c(C(O)C(=O)Nc2cccc(Cl)c2)cc(-c2ccccc2)n1Cc1ccc(Cl)cc1. The molecule has 0 bridgehead atoms. The van der Waals surface area contributed by atoms with Crippen LogP contribution in [0.25, 0.3) is 11.3 Å². The molecule has 0 aliphatic heterocycles. The molecule has 1 heterocycles. The molecule has 32 heavy (non-hydrogen) atoms. The van der Waals surface area contributed by atoms with Crippen LogP contribution in [0.15, 0.2) is 84.9 Å². The smallest absolute Gasteiger partial charge is 0.257 e. The summed E-state index contributed by atoms with van der Waals surface area (Å²) < 4.78 is 2.10. The third-order valence-corrected chi connectivity index (χ3v) is 5.85. The van der Waals surface area contributed by atoms with Crippen LogP contribution in [0.4, 0.5) is 5.69 Å². The molecule has 4 rings (SSSR count). The Morgan fingerprint density at radius 3 is 2.34 bits per heavy atom. The summed E-state index contributed by atoms with van der Waals surface area (Å²) in [6, 6.07) is 26.3. The predicted octanol–water partition coefficient (Wildman–Crippen LogP) is 6.49. The summed E-state index contributed by atoms with van der Waals surface area (Å²) >= 11 is 12.0. The first-order chi connectivity index (χ1) is 15.4. The number of nitrogens with zero attached hydrogens (tertiary/aromatic N) is 1. The fourth-order valence-electron chi connectivity index (χ4n) is 3.69. The van der Waals surface area contributed by atoms with Crippen LogP contribution in [0.5, 0.6) is 0 Å². The molecular weight excluding hydrogens is 443 g/mol. The van der Waals surface area contributed by atoms with Gasteiger partial charge in [0.1, 0.15) is 0 Å². The maximum absolute atomic E-state index is 12.8. The van der Waals surface area contributed by atoms with Gasteiger partial charge in [-0.15, -0.1) is 0 Å². The summed E-state index contributed by atoms with van der Waals surface area (Å²) in [5.41, 5.74) is 4.88. The first-order valence-corrected chi connectivity index (χ1v) is 10.9. The molecular formula is C26H22Cl2N2O2. The van der Waals surface area contributed by atoms with Crippen LogP contribution < -0.4 is 5.32 Å². The van der Waals surface area contributed by atoms with Gasteiger partial charge in [-0.1, -0.05) is 71.7 Å². The monoisotopic (exact) mass is 464 g/mol. The zero-order valence-corrected chi connectivity index (χ0v) is 18.9. The molecule has 0 radical (unpaired) electrons. The highest BCUT2D eigenvalue weighted by molar-refractivity contribution is 6.31. The number of aliphatic hydroxyl groups excluding tert-OH is 1. The van der Waals surface area contributed by atoms with Crippen molar-refractivity contribution in [1.82, 2.24) is 4.57 Å². The van der Waals surface area contributed by atoms with Crippen LogP contribution in [0.1, 0.15) is 22.9 Å². The van der Waals surface area contributed by atoms with E-state index >= 15 is 0 Å². The quantitative estimate of drug-likeness (QED) is 0.342. The number of rotatable bonds is 6. The summed E-state index contributed by atoms with van der Waals surface area (Å²) in [7, 11) is 0. The van der Waals surface area contributed by atoms with E-state index in [2.05, 4.69) is 9.88 Å². The summed E-state index contributed by atoms with van der Waals surface area (Å²) in [6.07, 6.45) is -1.33. The standard InChI is InChI=1S/C26H22Cl2N2O2/c1-17-23(25(31)26(32)29-22-9-5-8-21(28)14-22)15-24(19-6-3-2-4-7-19)30(17)16-18-10-12-20(27)13-11-18/h2-15,25,31H,16H2,1H3,(H,29,32). The van der Waals surface area contributed by atoms with Crippen LogP contribution in [-0.4, -0.2) is 15.6 Å². The van der Waals surface area contributed by atoms with E-state index in [1.807, 2.05) is 67.6 Å². The van der Waals surface area contributed by atoms with Crippen LogP contribution in [0.2, 0.25) is 10.0 Å². The molecule has 4 aromatic rings. The van der Waals surface area contributed by atoms with Gasteiger partial charge in [0.25, 0.3) is 5.91 Å². The summed E-state index contributed by atoms with van der Waals surface area (Å²) in [5.74, 6) is -0.515. The molecule has 0 saturated heterocycles. The van der Waals surface area contributed by atoms with Crippen molar-refractivity contribution in [2.75, 3.05) is 5.32 Å². The second-order valence-corrected chi connectivity index (χ2v) is 8.42. The average molecular weight is 465 g/mol. The van der Waals surface area contributed by atoms with Crippen molar-refractivity contribution in [1.29, 1.82) is 0 Å². The van der Waals surface area contributed by atoms with E-state index in [4.69, 9.17) is 23.2 Å². The molecule has 3 aromatic carbocycles. The van der Waals surface area contributed by atoms with Gasteiger partial charge in [0.15, 0.2) is 6.10 Å². The number of amides is 1. The molecule has 0 saturated carbocycles. The molecule has 162 valence electrons. The normalized spacial score (nSPS) is 11.9. The first kappa shape index (κ1) is 22.2. The van der Waals surface area contributed by atoms with Gasteiger partial charge in [-0.25, -0.2) is 0 Å². The lowest BCUT2D eigenvalue weighted by molar-refractivity contribution is -0.124. The average Bonchev–Trinajstić information content (AvgIpc) is 3.11. The van der Waals surface area contributed by atoms with Crippen LogP contribution in [0.3, 0.4) is 0 Å². The zero-order chi connectivity index (χ0) is 22.7. The number of aliphatic hydroxyl groups is 1. The van der Waals surface area contributed by atoms with Gasteiger partial charge in [-0.05, 0) is 54.4 Å². The van der Waals surface area contributed by atoms with E-state index in [0.29, 0.717) is 27.8 Å². The van der Waals surface area contributed by atoms with Crippen LogP contribution >= 0.6 is 23.2 Å². The number of carbonyl (C=O) groups excluding carboxylic acids is 1. The second-order valence-electron chi connectivity index (χ2n) is 7.55. The van der Waals surface area contributed by atoms with E-state index in [1.165, 1.54) is 0 Å². The van der Waals surface area contributed by atoms with Gasteiger partial charge in [-0.2, -0.15) is 0 Å². The van der Waals surface area contributed by atoms with Gasteiger partial charge >= 0.3 is 0 Å². The van der Waals surface area contributed by atoms with Crippen molar-refractivity contribution in [3.05, 3.63) is 112 Å². The highest BCUT2D eigenvalue weighted by Crippen LogP contribution is 2.31. The third-order valence-electron chi connectivity index (χ3n) is 5.36. The lowest BCUT2D eigenvalue weighted by atomic mass is 10.1. The van der Waals surface area contributed by atoms with Crippen molar-refractivity contribution in [3.8, 4) is 11.3 Å². The van der Waals surface area contributed by atoms with E-state index in [1.54, 1.807) is 24.3 Å². The Labute approximate surface area is 197 Å². The number of hydrogen-bond donors (Lipinski definition) is 2. The molecule has 0 aliphatic carbocycles. The van der Waals surface area contributed by atoms with Gasteiger partial charge in [0.2, 0.25) is 0 Å². The number of anilines is 1. The molecule has 0 fully saturated rings.